The van der Waals surface area contributed by atoms with E-state index >= 15 is 0 Å². The lowest BCUT2D eigenvalue weighted by Crippen LogP contribution is -2.44. The Hall–Kier alpha value is -2.09. The number of rotatable bonds is 4. The molecule has 1 aliphatic rings. The summed E-state index contributed by atoms with van der Waals surface area (Å²) in [6.45, 7) is 4.09. The summed E-state index contributed by atoms with van der Waals surface area (Å²) >= 11 is 1.62. The molecular formula is C15H22N6OS. The van der Waals surface area contributed by atoms with Gasteiger partial charge in [0.2, 0.25) is 5.91 Å². The van der Waals surface area contributed by atoms with Gasteiger partial charge < -0.3 is 15.5 Å². The van der Waals surface area contributed by atoms with Crippen LogP contribution in [0.1, 0.15) is 25.5 Å². The van der Waals surface area contributed by atoms with Crippen LogP contribution in [0.2, 0.25) is 0 Å². The lowest BCUT2D eigenvalue weighted by Gasteiger charge is -2.18. The minimum absolute atomic E-state index is 0.218. The van der Waals surface area contributed by atoms with Crippen LogP contribution < -0.4 is 10.6 Å². The fraction of sp³-hybridized carbons (Fsp3) is 0.533. The van der Waals surface area contributed by atoms with E-state index in [1.54, 1.807) is 18.4 Å². The van der Waals surface area contributed by atoms with E-state index in [1.165, 1.54) is 0 Å². The molecule has 2 aromatic rings. The van der Waals surface area contributed by atoms with Gasteiger partial charge >= 0.3 is 0 Å². The average Bonchev–Trinajstić information content (AvgIpc) is 3.26. The van der Waals surface area contributed by atoms with Crippen LogP contribution in [0.4, 0.5) is 0 Å². The second-order valence-corrected chi connectivity index (χ2v) is 6.45. The number of nitrogens with one attached hydrogen (secondary N) is 2. The first-order valence-corrected chi connectivity index (χ1v) is 8.73. The van der Waals surface area contributed by atoms with Crippen LogP contribution in [0.15, 0.2) is 22.8 Å². The van der Waals surface area contributed by atoms with Gasteiger partial charge in [-0.2, -0.15) is 0 Å². The fourth-order valence-electron chi connectivity index (χ4n) is 2.75. The molecule has 0 aliphatic carbocycles. The van der Waals surface area contributed by atoms with E-state index in [9.17, 15) is 4.79 Å². The third kappa shape index (κ3) is 3.64. The molecule has 1 unspecified atom stereocenters. The molecule has 0 spiro atoms. The van der Waals surface area contributed by atoms with Gasteiger partial charge in [-0.3, -0.25) is 14.2 Å². The first kappa shape index (κ1) is 15.8. The summed E-state index contributed by atoms with van der Waals surface area (Å²) in [5.74, 6) is 0.965. The third-order valence-corrected chi connectivity index (χ3v) is 4.76. The first-order valence-electron chi connectivity index (χ1n) is 7.85. The number of guanidine groups is 1. The monoisotopic (exact) mass is 334 g/mol. The van der Waals surface area contributed by atoms with E-state index in [0.29, 0.717) is 13.0 Å². The lowest BCUT2D eigenvalue weighted by molar-refractivity contribution is -0.129. The first-order chi connectivity index (χ1) is 11.2. The van der Waals surface area contributed by atoms with Crippen molar-refractivity contribution in [2.75, 3.05) is 20.1 Å². The number of hydrogen-bond acceptors (Lipinski definition) is 4. The largest absolute Gasteiger partial charge is 0.352 e. The Morgan fingerprint density at radius 3 is 3.17 bits per heavy atom. The number of thiazole rings is 1. The summed E-state index contributed by atoms with van der Waals surface area (Å²) in [4.78, 5) is 23.4. The Morgan fingerprint density at radius 1 is 1.57 bits per heavy atom. The van der Waals surface area contributed by atoms with E-state index in [0.717, 1.165) is 36.1 Å². The van der Waals surface area contributed by atoms with Gasteiger partial charge in [0.1, 0.15) is 0 Å². The number of aliphatic imine (C=N–C) groups is 1. The normalized spacial score (nSPS) is 18.6. The van der Waals surface area contributed by atoms with Gasteiger partial charge in [0, 0.05) is 50.4 Å². The van der Waals surface area contributed by atoms with Gasteiger partial charge in [-0.1, -0.05) is 6.92 Å². The summed E-state index contributed by atoms with van der Waals surface area (Å²) in [7, 11) is 1.75. The van der Waals surface area contributed by atoms with Crippen molar-refractivity contribution in [1.82, 2.24) is 24.9 Å². The van der Waals surface area contributed by atoms with Crippen LogP contribution in [-0.4, -0.2) is 52.3 Å². The van der Waals surface area contributed by atoms with Crippen LogP contribution in [0, 0.1) is 0 Å². The number of likely N-dealkylation sites (tertiary alicyclic amines) is 1. The second-order valence-electron chi connectivity index (χ2n) is 5.57. The molecule has 0 aromatic carbocycles. The van der Waals surface area contributed by atoms with Crippen molar-refractivity contribution < 1.29 is 4.79 Å². The summed E-state index contributed by atoms with van der Waals surface area (Å²) in [5, 5.41) is 8.69. The summed E-state index contributed by atoms with van der Waals surface area (Å²) in [6.07, 6.45) is 5.54. The molecule has 2 aromatic heterocycles. The smallest absolute Gasteiger partial charge is 0.222 e. The summed E-state index contributed by atoms with van der Waals surface area (Å²) in [6, 6.07) is 0.252. The van der Waals surface area contributed by atoms with Crippen LogP contribution in [0.5, 0.6) is 0 Å². The summed E-state index contributed by atoms with van der Waals surface area (Å²) in [5.41, 5.74) is 0.981. The molecule has 7 nitrogen and oxygen atoms in total. The zero-order valence-electron chi connectivity index (χ0n) is 13.5. The highest BCUT2D eigenvalue weighted by atomic mass is 32.1. The highest BCUT2D eigenvalue weighted by molar-refractivity contribution is 7.15. The number of aromatic nitrogens is 2. The molecule has 0 saturated carbocycles. The molecule has 124 valence electrons. The van der Waals surface area contributed by atoms with Gasteiger partial charge in [0.05, 0.1) is 12.2 Å². The van der Waals surface area contributed by atoms with Gasteiger partial charge in [-0.25, -0.2) is 4.98 Å². The molecule has 1 amide bonds. The molecule has 3 heterocycles. The lowest BCUT2D eigenvalue weighted by atomic mass is 10.3. The minimum atomic E-state index is 0.218. The van der Waals surface area contributed by atoms with Crippen molar-refractivity contribution in [3.63, 3.8) is 0 Å². The Kier molecular flexibility index (Phi) is 4.80. The maximum Gasteiger partial charge on any atom is 0.222 e. The number of carbonyl (C=O) groups excluding carboxylic acids is 1. The molecule has 8 heteroatoms. The van der Waals surface area contributed by atoms with Crippen molar-refractivity contribution in [1.29, 1.82) is 0 Å². The number of imidazole rings is 1. The maximum absolute atomic E-state index is 11.7. The van der Waals surface area contributed by atoms with E-state index < -0.39 is 0 Å². The fourth-order valence-corrected chi connectivity index (χ4v) is 3.47. The predicted octanol–water partition coefficient (Wildman–Crippen LogP) is 1.07. The number of nitrogens with zero attached hydrogens (tertiary/aromatic N) is 4. The topological polar surface area (TPSA) is 74.0 Å². The molecule has 1 atom stereocenters. The quantitative estimate of drug-likeness (QED) is 0.648. The van der Waals surface area contributed by atoms with Gasteiger partial charge in [0.15, 0.2) is 10.9 Å². The number of fused-ring (bicyclic) bond motifs is 1. The van der Waals surface area contributed by atoms with Crippen molar-refractivity contribution in [3.05, 3.63) is 23.5 Å². The molecule has 23 heavy (non-hydrogen) atoms. The molecule has 0 radical (unpaired) electrons. The van der Waals surface area contributed by atoms with Crippen LogP contribution in [0.3, 0.4) is 0 Å². The van der Waals surface area contributed by atoms with E-state index in [-0.39, 0.29) is 11.9 Å². The maximum atomic E-state index is 11.7. The van der Waals surface area contributed by atoms with E-state index in [4.69, 9.17) is 0 Å². The van der Waals surface area contributed by atoms with Gasteiger partial charge in [0.25, 0.3) is 0 Å². The van der Waals surface area contributed by atoms with Crippen LogP contribution in [-0.2, 0) is 11.3 Å². The third-order valence-electron chi connectivity index (χ3n) is 3.99. The Balaban J connectivity index is 1.50. The van der Waals surface area contributed by atoms with E-state index in [1.807, 2.05) is 34.0 Å². The number of carbonyl (C=O) groups is 1. The highest BCUT2D eigenvalue weighted by Gasteiger charge is 2.25. The molecule has 1 saturated heterocycles. The van der Waals surface area contributed by atoms with Crippen molar-refractivity contribution >= 4 is 28.2 Å². The van der Waals surface area contributed by atoms with Gasteiger partial charge in [-0.05, 0) is 6.42 Å². The van der Waals surface area contributed by atoms with Crippen LogP contribution >= 0.6 is 11.3 Å². The molecular weight excluding hydrogens is 312 g/mol. The zero-order valence-corrected chi connectivity index (χ0v) is 14.3. The molecule has 1 fully saturated rings. The average molecular weight is 334 g/mol. The molecule has 2 N–H and O–H groups in total. The predicted molar refractivity (Wildman–Crippen MR) is 91.7 cm³/mol. The number of amides is 1. The Bertz CT molecular complexity index is 677. The minimum Gasteiger partial charge on any atom is -0.352 e. The van der Waals surface area contributed by atoms with Crippen molar-refractivity contribution in [2.24, 2.45) is 4.99 Å². The van der Waals surface area contributed by atoms with Crippen LogP contribution in [0.25, 0.3) is 4.96 Å². The molecule has 0 bridgehead atoms. The van der Waals surface area contributed by atoms with E-state index in [2.05, 4.69) is 20.6 Å². The number of hydrogen-bond donors (Lipinski definition) is 2. The van der Waals surface area contributed by atoms with Crippen molar-refractivity contribution in [3.8, 4) is 0 Å². The summed E-state index contributed by atoms with van der Waals surface area (Å²) < 4.78 is 2.02. The Labute approximate surface area is 139 Å². The zero-order chi connectivity index (χ0) is 16.2. The highest BCUT2D eigenvalue weighted by Crippen LogP contribution is 2.12. The Morgan fingerprint density at radius 2 is 2.43 bits per heavy atom. The van der Waals surface area contributed by atoms with Crippen molar-refractivity contribution in [2.45, 2.75) is 32.4 Å². The second kappa shape index (κ2) is 6.99. The standard InChI is InChI=1S/C15H22N6OS/c1-3-13(22)20-5-4-11(9-20)18-14(16-2)17-8-12-10-21-6-7-23-15(21)19-12/h6-7,10-11H,3-5,8-9H2,1-2H3,(H2,16,17,18). The molecule has 3 rings (SSSR count). The van der Waals surface area contributed by atoms with Gasteiger partial charge in [-0.15, -0.1) is 11.3 Å². The SMILES string of the molecule is CCC(=O)N1CCC(NC(=NC)NCc2cn3ccsc3n2)C1. The molecule has 1 aliphatic heterocycles.